The van der Waals surface area contributed by atoms with Gasteiger partial charge in [0.05, 0.1) is 5.75 Å². The van der Waals surface area contributed by atoms with Crippen LogP contribution in [-0.2, 0) is 10.0 Å². The van der Waals surface area contributed by atoms with Crippen molar-refractivity contribution < 1.29 is 22.4 Å². The van der Waals surface area contributed by atoms with Gasteiger partial charge in [-0.25, -0.2) is 12.8 Å². The molecule has 0 aliphatic carbocycles. The van der Waals surface area contributed by atoms with Crippen molar-refractivity contribution >= 4 is 27.5 Å². The molecule has 0 saturated carbocycles. The smallest absolute Gasteiger partial charge is 0.251 e. The summed E-state index contributed by atoms with van der Waals surface area (Å²) < 4.78 is 39.1. The van der Waals surface area contributed by atoms with Gasteiger partial charge in [-0.3, -0.25) is 14.3 Å². The first-order chi connectivity index (χ1) is 13.2. The number of sulfonamides is 1. The molecule has 3 N–H and O–H groups in total. The maximum atomic E-state index is 13.5. The van der Waals surface area contributed by atoms with Crippen molar-refractivity contribution in [2.75, 3.05) is 23.6 Å². The normalized spacial score (nSPS) is 11.0. The zero-order valence-electron chi connectivity index (χ0n) is 15.6. The number of anilines is 1. The molecule has 9 heteroatoms. The van der Waals surface area contributed by atoms with Crippen LogP contribution >= 0.6 is 0 Å². The van der Waals surface area contributed by atoms with Crippen molar-refractivity contribution in [2.24, 2.45) is 0 Å². The first kappa shape index (κ1) is 21.4. The Labute approximate surface area is 163 Å². The molecule has 0 fully saturated rings. The van der Waals surface area contributed by atoms with Crippen molar-refractivity contribution in [1.82, 2.24) is 10.6 Å². The van der Waals surface area contributed by atoms with Gasteiger partial charge in [0.15, 0.2) is 0 Å². The van der Waals surface area contributed by atoms with Crippen LogP contribution in [0.15, 0.2) is 42.5 Å². The number of rotatable bonds is 8. The van der Waals surface area contributed by atoms with Gasteiger partial charge < -0.3 is 10.6 Å². The van der Waals surface area contributed by atoms with E-state index in [-0.39, 0.29) is 30.0 Å². The molecule has 7 nitrogen and oxygen atoms in total. The number of nitrogens with one attached hydrogen (secondary N) is 3. The molecule has 0 aliphatic rings. The van der Waals surface area contributed by atoms with Crippen molar-refractivity contribution in [3.63, 3.8) is 0 Å². The lowest BCUT2D eigenvalue weighted by Crippen LogP contribution is -2.34. The van der Waals surface area contributed by atoms with E-state index in [0.29, 0.717) is 11.3 Å². The van der Waals surface area contributed by atoms with Crippen molar-refractivity contribution in [2.45, 2.75) is 13.8 Å². The third-order valence-electron chi connectivity index (χ3n) is 3.91. The Kier molecular flexibility index (Phi) is 7.11. The average molecular weight is 407 g/mol. The molecule has 28 heavy (non-hydrogen) atoms. The van der Waals surface area contributed by atoms with Crippen LogP contribution in [0.5, 0.6) is 0 Å². The monoisotopic (exact) mass is 407 g/mol. The lowest BCUT2D eigenvalue weighted by molar-refractivity contribution is 0.0927. The highest BCUT2D eigenvalue weighted by molar-refractivity contribution is 7.92. The van der Waals surface area contributed by atoms with E-state index in [4.69, 9.17) is 0 Å². The Morgan fingerprint density at radius 3 is 2.14 bits per heavy atom. The van der Waals surface area contributed by atoms with E-state index < -0.39 is 27.7 Å². The van der Waals surface area contributed by atoms with Gasteiger partial charge in [-0.1, -0.05) is 12.1 Å². The van der Waals surface area contributed by atoms with Crippen molar-refractivity contribution in [3.05, 3.63) is 65.0 Å². The van der Waals surface area contributed by atoms with Gasteiger partial charge in [0.2, 0.25) is 10.0 Å². The van der Waals surface area contributed by atoms with Gasteiger partial charge >= 0.3 is 0 Å². The molecular formula is C19H22FN3O4S. The van der Waals surface area contributed by atoms with Crippen LogP contribution in [0.3, 0.4) is 0 Å². The van der Waals surface area contributed by atoms with Crippen LogP contribution in [0, 0.1) is 12.7 Å². The zero-order chi connectivity index (χ0) is 20.7. The highest BCUT2D eigenvalue weighted by Gasteiger charge is 2.11. The number of hydrogen-bond donors (Lipinski definition) is 3. The minimum atomic E-state index is -3.43. The summed E-state index contributed by atoms with van der Waals surface area (Å²) in [5.74, 6) is -1.38. The Balaban J connectivity index is 1.85. The van der Waals surface area contributed by atoms with E-state index in [1.807, 2.05) is 0 Å². The lowest BCUT2D eigenvalue weighted by atomic mass is 10.1. The standard InChI is InChI=1S/C19H22FN3O4S/c1-3-28(26,27)23-16-6-4-5-14(11-16)18(24)21-9-10-22-19(25)15-8-7-13(2)17(20)12-15/h4-8,11-12,23H,3,9-10H2,1-2H3,(H,21,24)(H,22,25). The Morgan fingerprint density at radius 2 is 1.57 bits per heavy atom. The molecule has 0 heterocycles. The second-order valence-corrected chi connectivity index (χ2v) is 8.07. The molecule has 150 valence electrons. The minimum Gasteiger partial charge on any atom is -0.350 e. The van der Waals surface area contributed by atoms with Crippen LogP contribution in [0.2, 0.25) is 0 Å². The molecule has 0 saturated heterocycles. The highest BCUT2D eigenvalue weighted by Crippen LogP contribution is 2.12. The largest absolute Gasteiger partial charge is 0.350 e. The third kappa shape index (κ3) is 6.05. The summed E-state index contributed by atoms with van der Waals surface area (Å²) in [6.07, 6.45) is 0. The number of halogens is 1. The van der Waals surface area contributed by atoms with Gasteiger partial charge in [-0.05, 0) is 49.7 Å². The number of carbonyl (C=O) groups excluding carboxylic acids is 2. The summed E-state index contributed by atoms with van der Waals surface area (Å²) in [5.41, 5.74) is 1.23. The SMILES string of the molecule is CCS(=O)(=O)Nc1cccc(C(=O)NCCNC(=O)c2ccc(C)c(F)c2)c1. The molecule has 0 unspecified atom stereocenters. The summed E-state index contributed by atoms with van der Waals surface area (Å²) >= 11 is 0. The average Bonchev–Trinajstić information content (AvgIpc) is 2.67. The van der Waals surface area contributed by atoms with E-state index >= 15 is 0 Å². The van der Waals surface area contributed by atoms with Crippen LogP contribution in [0.25, 0.3) is 0 Å². The summed E-state index contributed by atoms with van der Waals surface area (Å²) in [6, 6.07) is 10.3. The predicted octanol–water partition coefficient (Wildman–Crippen LogP) is 2.06. The highest BCUT2D eigenvalue weighted by atomic mass is 32.2. The second-order valence-electron chi connectivity index (χ2n) is 6.06. The molecule has 0 bridgehead atoms. The number of aryl methyl sites for hydroxylation is 1. The molecule has 0 aliphatic heterocycles. The third-order valence-corrected chi connectivity index (χ3v) is 5.22. The van der Waals surface area contributed by atoms with Crippen molar-refractivity contribution in [3.8, 4) is 0 Å². The minimum absolute atomic E-state index is 0.0754. The predicted molar refractivity (Wildman–Crippen MR) is 105 cm³/mol. The van der Waals surface area contributed by atoms with E-state index in [1.54, 1.807) is 25.1 Å². The van der Waals surface area contributed by atoms with E-state index in [0.717, 1.165) is 6.07 Å². The van der Waals surface area contributed by atoms with Crippen molar-refractivity contribution in [1.29, 1.82) is 0 Å². The first-order valence-corrected chi connectivity index (χ1v) is 10.3. The maximum absolute atomic E-state index is 13.5. The van der Waals surface area contributed by atoms with Gasteiger partial charge in [0, 0.05) is 29.9 Å². The maximum Gasteiger partial charge on any atom is 0.251 e. The lowest BCUT2D eigenvalue weighted by Gasteiger charge is -2.10. The van der Waals surface area contributed by atoms with Crippen LogP contribution in [0.4, 0.5) is 10.1 Å². The Hall–Kier alpha value is -2.94. The molecule has 2 rings (SSSR count). The molecule has 2 amide bonds. The number of amides is 2. The fraction of sp³-hybridized carbons (Fsp3) is 0.263. The number of carbonyl (C=O) groups is 2. The molecule has 0 aromatic heterocycles. The van der Waals surface area contributed by atoms with E-state index in [9.17, 15) is 22.4 Å². The zero-order valence-corrected chi connectivity index (χ0v) is 16.4. The van der Waals surface area contributed by atoms with Crippen LogP contribution < -0.4 is 15.4 Å². The number of hydrogen-bond acceptors (Lipinski definition) is 4. The van der Waals surface area contributed by atoms with Gasteiger partial charge in [0.1, 0.15) is 5.82 Å². The topological polar surface area (TPSA) is 104 Å². The number of benzene rings is 2. The quantitative estimate of drug-likeness (QED) is 0.583. The van der Waals surface area contributed by atoms with E-state index in [1.165, 1.54) is 25.1 Å². The van der Waals surface area contributed by atoms with Crippen LogP contribution in [0.1, 0.15) is 33.2 Å². The molecule has 0 atom stereocenters. The molecule has 2 aromatic rings. The summed E-state index contributed by atoms with van der Waals surface area (Å²) in [5, 5.41) is 5.22. The van der Waals surface area contributed by atoms with E-state index in [2.05, 4.69) is 15.4 Å². The van der Waals surface area contributed by atoms with Crippen LogP contribution in [-0.4, -0.2) is 39.1 Å². The van der Waals surface area contributed by atoms with Gasteiger partial charge in [0.25, 0.3) is 11.8 Å². The summed E-state index contributed by atoms with van der Waals surface area (Å²) in [6.45, 7) is 3.43. The van der Waals surface area contributed by atoms with Gasteiger partial charge in [-0.2, -0.15) is 0 Å². The summed E-state index contributed by atoms with van der Waals surface area (Å²) in [4.78, 5) is 24.2. The molecular weight excluding hydrogens is 385 g/mol. The fourth-order valence-electron chi connectivity index (χ4n) is 2.27. The Bertz CT molecular complexity index is 977. The van der Waals surface area contributed by atoms with Gasteiger partial charge in [-0.15, -0.1) is 0 Å². The molecule has 0 radical (unpaired) electrons. The second kappa shape index (κ2) is 9.32. The molecule has 0 spiro atoms. The summed E-state index contributed by atoms with van der Waals surface area (Å²) in [7, 11) is -3.43. The Morgan fingerprint density at radius 1 is 0.964 bits per heavy atom. The molecule has 2 aromatic carbocycles. The fourth-order valence-corrected chi connectivity index (χ4v) is 2.90. The first-order valence-electron chi connectivity index (χ1n) is 8.65.